The topological polar surface area (TPSA) is 34.1 Å². The van der Waals surface area contributed by atoms with Crippen LogP contribution in [0, 0.1) is 0 Å². The molecule has 1 aromatic heterocycles. The summed E-state index contributed by atoms with van der Waals surface area (Å²) in [4.78, 5) is 4.46. The van der Waals surface area contributed by atoms with Crippen LogP contribution >= 0.6 is 0 Å². The van der Waals surface area contributed by atoms with Gasteiger partial charge < -0.3 is 10.1 Å². The van der Waals surface area contributed by atoms with Crippen molar-refractivity contribution >= 4 is 5.82 Å². The number of hydrogen-bond acceptors (Lipinski definition) is 3. The molecule has 3 heteroatoms. The van der Waals surface area contributed by atoms with Crippen molar-refractivity contribution in [1.29, 1.82) is 0 Å². The molecule has 0 saturated heterocycles. The number of pyridine rings is 1. The molecule has 1 heterocycles. The van der Waals surface area contributed by atoms with Crippen molar-refractivity contribution in [3.8, 4) is 0 Å². The van der Waals surface area contributed by atoms with Crippen molar-refractivity contribution in [3.63, 3.8) is 0 Å². The van der Waals surface area contributed by atoms with Gasteiger partial charge in [0.2, 0.25) is 0 Å². The molecule has 0 spiro atoms. The van der Waals surface area contributed by atoms with Crippen molar-refractivity contribution in [2.45, 2.75) is 64.4 Å². The summed E-state index contributed by atoms with van der Waals surface area (Å²) in [5.74, 6) is 0.935. The molecule has 1 aromatic rings. The molecule has 1 aliphatic carbocycles. The van der Waals surface area contributed by atoms with E-state index in [0.717, 1.165) is 19.0 Å². The van der Waals surface area contributed by atoms with E-state index >= 15 is 0 Å². The summed E-state index contributed by atoms with van der Waals surface area (Å²) >= 11 is 0. The van der Waals surface area contributed by atoms with E-state index in [4.69, 9.17) is 4.74 Å². The second-order valence-electron chi connectivity index (χ2n) is 6.74. The Kier molecular flexibility index (Phi) is 5.41. The number of nitrogens with zero attached hydrogens (tertiary/aromatic N) is 1. The van der Waals surface area contributed by atoms with Crippen LogP contribution in [-0.4, -0.2) is 24.2 Å². The van der Waals surface area contributed by atoms with E-state index in [-0.39, 0.29) is 5.41 Å². The lowest BCUT2D eigenvalue weighted by Crippen LogP contribution is -2.20. The van der Waals surface area contributed by atoms with Gasteiger partial charge in [0.05, 0.1) is 12.7 Å². The Balaban J connectivity index is 1.68. The van der Waals surface area contributed by atoms with Crippen molar-refractivity contribution in [1.82, 2.24) is 4.98 Å². The van der Waals surface area contributed by atoms with Gasteiger partial charge in [-0.25, -0.2) is 4.98 Å². The molecule has 0 aliphatic heterocycles. The second kappa shape index (κ2) is 7.07. The predicted molar refractivity (Wildman–Crippen MR) is 84.3 cm³/mol. The van der Waals surface area contributed by atoms with Gasteiger partial charge in [-0.2, -0.15) is 0 Å². The smallest absolute Gasteiger partial charge is 0.125 e. The highest BCUT2D eigenvalue weighted by molar-refractivity contribution is 5.36. The third kappa shape index (κ3) is 4.78. The Bertz CT molecular complexity index is 388. The van der Waals surface area contributed by atoms with Gasteiger partial charge in [0, 0.05) is 12.7 Å². The molecule has 20 heavy (non-hydrogen) atoms. The second-order valence-corrected chi connectivity index (χ2v) is 6.74. The summed E-state index contributed by atoms with van der Waals surface area (Å²) in [7, 11) is 0. The quantitative estimate of drug-likeness (QED) is 0.821. The van der Waals surface area contributed by atoms with E-state index < -0.39 is 0 Å². The number of hydrogen-bond donors (Lipinski definition) is 1. The minimum absolute atomic E-state index is 0.162. The largest absolute Gasteiger partial charge is 0.376 e. The van der Waals surface area contributed by atoms with Gasteiger partial charge >= 0.3 is 0 Å². The number of nitrogens with one attached hydrogen (secondary N) is 1. The minimum Gasteiger partial charge on any atom is -0.376 e. The average Bonchev–Trinajstić information content (AvgIpc) is 2.44. The first-order valence-corrected chi connectivity index (χ1v) is 7.88. The molecule has 1 N–H and O–H groups in total. The lowest BCUT2D eigenvalue weighted by molar-refractivity contribution is 0.0347. The molecule has 0 amide bonds. The highest BCUT2D eigenvalue weighted by Gasteiger charge is 2.14. The molecule has 1 saturated carbocycles. The standard InChI is InChI=1S/C17H28N2O/c1-17(2,3)14-9-10-16(19-13-14)18-11-12-20-15-7-5-4-6-8-15/h9-10,13,15H,4-8,11-12H2,1-3H3,(H,18,19). The van der Waals surface area contributed by atoms with E-state index in [2.05, 4.69) is 43.2 Å². The third-order valence-corrected chi connectivity index (χ3v) is 3.94. The minimum atomic E-state index is 0.162. The number of ether oxygens (including phenoxy) is 1. The van der Waals surface area contributed by atoms with Crippen LogP contribution in [0.2, 0.25) is 0 Å². The first-order valence-electron chi connectivity index (χ1n) is 7.88. The van der Waals surface area contributed by atoms with Crippen LogP contribution in [0.1, 0.15) is 58.4 Å². The summed E-state index contributed by atoms with van der Waals surface area (Å²) in [5, 5.41) is 3.33. The Labute approximate surface area is 123 Å². The lowest BCUT2D eigenvalue weighted by atomic mass is 9.88. The maximum absolute atomic E-state index is 5.89. The summed E-state index contributed by atoms with van der Waals surface area (Å²) in [6.45, 7) is 8.21. The van der Waals surface area contributed by atoms with Crippen LogP contribution in [0.15, 0.2) is 18.3 Å². The molecular formula is C17H28N2O. The molecule has 2 rings (SSSR count). The highest BCUT2D eigenvalue weighted by atomic mass is 16.5. The maximum Gasteiger partial charge on any atom is 0.125 e. The summed E-state index contributed by atoms with van der Waals surface area (Å²) in [6.07, 6.45) is 8.95. The van der Waals surface area contributed by atoms with Crippen LogP contribution in [0.3, 0.4) is 0 Å². The zero-order valence-electron chi connectivity index (χ0n) is 13.1. The Morgan fingerprint density at radius 2 is 1.95 bits per heavy atom. The van der Waals surface area contributed by atoms with E-state index in [1.807, 2.05) is 6.20 Å². The van der Waals surface area contributed by atoms with Crippen LogP contribution in [-0.2, 0) is 10.2 Å². The third-order valence-electron chi connectivity index (χ3n) is 3.94. The van der Waals surface area contributed by atoms with Gasteiger partial charge in [0.25, 0.3) is 0 Å². The predicted octanol–water partition coefficient (Wildman–Crippen LogP) is 4.14. The maximum atomic E-state index is 5.89. The van der Waals surface area contributed by atoms with Gasteiger partial charge in [-0.3, -0.25) is 0 Å². The summed E-state index contributed by atoms with van der Waals surface area (Å²) in [5.41, 5.74) is 1.43. The van der Waals surface area contributed by atoms with Gasteiger partial charge in [0.15, 0.2) is 0 Å². The molecule has 3 nitrogen and oxygen atoms in total. The first kappa shape index (κ1) is 15.3. The van der Waals surface area contributed by atoms with Crippen LogP contribution in [0.25, 0.3) is 0 Å². The fourth-order valence-corrected chi connectivity index (χ4v) is 2.58. The SMILES string of the molecule is CC(C)(C)c1ccc(NCCOC2CCCCC2)nc1. The molecule has 112 valence electrons. The molecule has 0 bridgehead atoms. The number of rotatable bonds is 5. The monoisotopic (exact) mass is 276 g/mol. The number of anilines is 1. The Morgan fingerprint density at radius 1 is 1.20 bits per heavy atom. The molecule has 0 radical (unpaired) electrons. The van der Waals surface area contributed by atoms with Crippen molar-refractivity contribution in [2.75, 3.05) is 18.5 Å². The van der Waals surface area contributed by atoms with Gasteiger partial charge in [-0.15, -0.1) is 0 Å². The first-order chi connectivity index (χ1) is 9.55. The normalized spacial score (nSPS) is 17.1. The summed E-state index contributed by atoms with van der Waals surface area (Å²) in [6, 6.07) is 4.21. The van der Waals surface area contributed by atoms with Gasteiger partial charge in [0.1, 0.15) is 5.82 Å². The molecule has 0 atom stereocenters. The van der Waals surface area contributed by atoms with Crippen LogP contribution in [0.4, 0.5) is 5.82 Å². The summed E-state index contributed by atoms with van der Waals surface area (Å²) < 4.78 is 5.89. The molecule has 1 fully saturated rings. The lowest BCUT2D eigenvalue weighted by Gasteiger charge is -2.22. The van der Waals surface area contributed by atoms with E-state index in [0.29, 0.717) is 6.10 Å². The Morgan fingerprint density at radius 3 is 2.55 bits per heavy atom. The molecule has 0 unspecified atom stereocenters. The number of aromatic nitrogens is 1. The van der Waals surface area contributed by atoms with Crippen LogP contribution in [0.5, 0.6) is 0 Å². The molecule has 1 aliphatic rings. The fraction of sp³-hybridized carbons (Fsp3) is 0.706. The van der Waals surface area contributed by atoms with E-state index in [1.54, 1.807) is 0 Å². The van der Waals surface area contributed by atoms with Crippen molar-refractivity contribution in [3.05, 3.63) is 23.9 Å². The van der Waals surface area contributed by atoms with E-state index in [9.17, 15) is 0 Å². The average molecular weight is 276 g/mol. The Hall–Kier alpha value is -1.09. The van der Waals surface area contributed by atoms with Crippen molar-refractivity contribution in [2.24, 2.45) is 0 Å². The zero-order chi connectivity index (χ0) is 14.4. The van der Waals surface area contributed by atoms with Gasteiger partial charge in [-0.1, -0.05) is 46.1 Å². The molecule has 0 aromatic carbocycles. The van der Waals surface area contributed by atoms with E-state index in [1.165, 1.54) is 37.7 Å². The van der Waals surface area contributed by atoms with Gasteiger partial charge in [-0.05, 0) is 29.9 Å². The molecular weight excluding hydrogens is 248 g/mol. The highest BCUT2D eigenvalue weighted by Crippen LogP contribution is 2.22. The van der Waals surface area contributed by atoms with Crippen molar-refractivity contribution < 1.29 is 4.74 Å². The van der Waals surface area contributed by atoms with Crippen LogP contribution < -0.4 is 5.32 Å². The zero-order valence-corrected chi connectivity index (χ0v) is 13.1. The fourth-order valence-electron chi connectivity index (χ4n) is 2.58.